The molecular weight excluding hydrogens is 536 g/mol. The molecule has 42 heavy (non-hydrogen) atoms. The van der Waals surface area contributed by atoms with Gasteiger partial charge in [-0.25, -0.2) is 10.2 Å². The Morgan fingerprint density at radius 2 is 1.64 bits per heavy atom. The number of nitrogens with zero attached hydrogens (tertiary/aromatic N) is 2. The van der Waals surface area contributed by atoms with Crippen molar-refractivity contribution >= 4 is 35.8 Å². The number of hydrogen-bond donors (Lipinski definition) is 2. The van der Waals surface area contributed by atoms with Gasteiger partial charge in [0.2, 0.25) is 5.76 Å². The Labute approximate surface area is 243 Å². The first-order chi connectivity index (χ1) is 20.3. The largest absolute Gasteiger partial charge is 0.490 e. The molecule has 2 N–H and O–H groups in total. The number of rotatable bonds is 11. The van der Waals surface area contributed by atoms with Gasteiger partial charge in [0.25, 0.3) is 11.8 Å². The Bertz CT molecular complexity index is 1580. The summed E-state index contributed by atoms with van der Waals surface area (Å²) >= 11 is 0. The van der Waals surface area contributed by atoms with E-state index in [2.05, 4.69) is 15.8 Å². The molecule has 2 amide bonds. The van der Waals surface area contributed by atoms with Crippen LogP contribution in [0, 0.1) is 0 Å². The van der Waals surface area contributed by atoms with E-state index in [1.165, 1.54) is 18.5 Å². The predicted molar refractivity (Wildman–Crippen MR) is 160 cm³/mol. The molecule has 0 saturated heterocycles. The zero-order valence-electron chi connectivity index (χ0n) is 23.4. The molecule has 1 heterocycles. The van der Waals surface area contributed by atoms with Crippen LogP contribution in [0.5, 0.6) is 11.5 Å². The van der Waals surface area contributed by atoms with Crippen LogP contribution in [0.4, 0.5) is 5.69 Å². The molecule has 0 aliphatic heterocycles. The molecule has 0 saturated carbocycles. The van der Waals surface area contributed by atoms with Crippen LogP contribution in [0.2, 0.25) is 0 Å². The molecule has 214 valence electrons. The van der Waals surface area contributed by atoms with Crippen LogP contribution in [0.1, 0.15) is 39.0 Å². The smallest absolute Gasteiger partial charge is 0.379 e. The van der Waals surface area contributed by atoms with Crippen molar-refractivity contribution in [2.75, 3.05) is 25.6 Å². The van der Waals surface area contributed by atoms with Crippen molar-refractivity contribution in [3.8, 4) is 11.5 Å². The number of esters is 1. The minimum absolute atomic E-state index is 0.00815. The first-order valence-corrected chi connectivity index (χ1v) is 13.1. The van der Waals surface area contributed by atoms with Gasteiger partial charge in [0, 0.05) is 25.3 Å². The number of amides is 2. The summed E-state index contributed by atoms with van der Waals surface area (Å²) in [5, 5.41) is 6.73. The van der Waals surface area contributed by atoms with Crippen molar-refractivity contribution < 1.29 is 28.3 Å². The lowest BCUT2D eigenvalue weighted by Crippen LogP contribution is -2.32. The Morgan fingerprint density at radius 1 is 0.905 bits per heavy atom. The summed E-state index contributed by atoms with van der Waals surface area (Å²) < 4.78 is 16.1. The van der Waals surface area contributed by atoms with Crippen molar-refractivity contribution in [2.24, 2.45) is 5.10 Å². The van der Waals surface area contributed by atoms with Gasteiger partial charge in [0.05, 0.1) is 19.1 Å². The zero-order chi connectivity index (χ0) is 29.9. The van der Waals surface area contributed by atoms with Crippen LogP contribution >= 0.6 is 0 Å². The summed E-state index contributed by atoms with van der Waals surface area (Å²) in [6.07, 6.45) is 4.35. The van der Waals surface area contributed by atoms with Crippen LogP contribution in [0.15, 0.2) is 106 Å². The number of carbonyl (C=O) groups is 3. The highest BCUT2D eigenvalue weighted by Crippen LogP contribution is 2.29. The topological polar surface area (TPSA) is 122 Å². The van der Waals surface area contributed by atoms with Gasteiger partial charge in [-0.1, -0.05) is 30.3 Å². The first-order valence-electron chi connectivity index (χ1n) is 13.1. The average Bonchev–Trinajstić information content (AvgIpc) is 3.54. The molecule has 1 aromatic heterocycles. The van der Waals surface area contributed by atoms with Crippen molar-refractivity contribution in [2.45, 2.75) is 6.92 Å². The number of hydrogen-bond acceptors (Lipinski definition) is 8. The van der Waals surface area contributed by atoms with E-state index in [4.69, 9.17) is 13.9 Å². The van der Waals surface area contributed by atoms with Crippen LogP contribution in [-0.2, 0) is 4.79 Å². The van der Waals surface area contributed by atoms with E-state index in [9.17, 15) is 14.4 Å². The number of ether oxygens (including phenoxy) is 2. The summed E-state index contributed by atoms with van der Waals surface area (Å²) in [4.78, 5) is 40.2. The van der Waals surface area contributed by atoms with E-state index in [0.717, 1.165) is 5.69 Å². The van der Waals surface area contributed by atoms with E-state index in [0.29, 0.717) is 29.0 Å². The van der Waals surface area contributed by atoms with Gasteiger partial charge in [-0.15, -0.1) is 0 Å². The van der Waals surface area contributed by atoms with E-state index in [1.807, 2.05) is 43.3 Å². The second-order valence-electron chi connectivity index (χ2n) is 9.07. The summed E-state index contributed by atoms with van der Waals surface area (Å²) in [5.41, 5.74) is 5.13. The van der Waals surface area contributed by atoms with Gasteiger partial charge in [-0.3, -0.25) is 9.59 Å². The summed E-state index contributed by atoms with van der Waals surface area (Å²) in [6, 6.07) is 24.0. The quantitative estimate of drug-likeness (QED) is 0.0872. The molecule has 0 atom stereocenters. The Kier molecular flexibility index (Phi) is 9.87. The van der Waals surface area contributed by atoms with Crippen LogP contribution in [0.25, 0.3) is 6.08 Å². The maximum atomic E-state index is 13.1. The molecule has 10 heteroatoms. The molecular formula is C32H30N4O6. The molecule has 10 nitrogen and oxygen atoms in total. The number of furan rings is 1. The van der Waals surface area contributed by atoms with Crippen molar-refractivity contribution in [3.05, 3.63) is 119 Å². The highest BCUT2D eigenvalue weighted by Gasteiger charge is 2.16. The minimum atomic E-state index is -0.664. The molecule has 0 aliphatic carbocycles. The molecule has 0 bridgehead atoms. The number of nitrogens with one attached hydrogen (secondary N) is 2. The SMILES string of the molecule is CCOc1cc(C=NNC(=O)C(=Cc2ccc(N(C)C)cc2)NC(=O)c2ccccc2)ccc1OC(=O)c1ccco1. The summed E-state index contributed by atoms with van der Waals surface area (Å²) in [5.74, 6) is -1.16. The second-order valence-corrected chi connectivity index (χ2v) is 9.07. The average molecular weight is 567 g/mol. The summed E-state index contributed by atoms with van der Waals surface area (Å²) in [7, 11) is 3.86. The summed E-state index contributed by atoms with van der Waals surface area (Å²) in [6.45, 7) is 2.12. The lowest BCUT2D eigenvalue weighted by Gasteiger charge is -2.13. The molecule has 4 rings (SSSR count). The van der Waals surface area contributed by atoms with E-state index in [-0.39, 0.29) is 17.2 Å². The van der Waals surface area contributed by atoms with E-state index in [1.54, 1.807) is 67.6 Å². The Balaban J connectivity index is 1.50. The number of carbonyl (C=O) groups excluding carboxylic acids is 3. The zero-order valence-corrected chi connectivity index (χ0v) is 23.4. The fourth-order valence-electron chi connectivity index (χ4n) is 3.71. The van der Waals surface area contributed by atoms with Gasteiger partial charge in [-0.2, -0.15) is 5.10 Å². The first kappa shape index (κ1) is 29.3. The molecule has 3 aromatic carbocycles. The Morgan fingerprint density at radius 3 is 2.31 bits per heavy atom. The van der Waals surface area contributed by atoms with Gasteiger partial charge in [0.1, 0.15) is 5.70 Å². The molecule has 0 spiro atoms. The second kappa shape index (κ2) is 14.1. The predicted octanol–water partition coefficient (Wildman–Crippen LogP) is 4.88. The van der Waals surface area contributed by atoms with Crippen LogP contribution < -0.4 is 25.1 Å². The lowest BCUT2D eigenvalue weighted by atomic mass is 10.1. The minimum Gasteiger partial charge on any atom is -0.490 e. The Hall–Kier alpha value is -5.64. The molecule has 4 aromatic rings. The number of anilines is 1. The fourth-order valence-corrected chi connectivity index (χ4v) is 3.71. The van der Waals surface area contributed by atoms with Crippen molar-refractivity contribution in [3.63, 3.8) is 0 Å². The third kappa shape index (κ3) is 7.95. The van der Waals surface area contributed by atoms with E-state index >= 15 is 0 Å². The highest BCUT2D eigenvalue weighted by molar-refractivity contribution is 6.05. The van der Waals surface area contributed by atoms with Crippen molar-refractivity contribution in [1.29, 1.82) is 0 Å². The fraction of sp³-hybridized carbons (Fsp3) is 0.125. The van der Waals surface area contributed by atoms with Gasteiger partial charge in [-0.05, 0) is 78.7 Å². The van der Waals surface area contributed by atoms with Gasteiger partial charge < -0.3 is 24.1 Å². The maximum Gasteiger partial charge on any atom is 0.379 e. The maximum absolute atomic E-state index is 13.1. The third-order valence-corrected chi connectivity index (χ3v) is 5.82. The van der Waals surface area contributed by atoms with Gasteiger partial charge in [0.15, 0.2) is 11.5 Å². The normalized spacial score (nSPS) is 11.2. The standard InChI is InChI=1S/C32H30N4O6/c1-4-40-29-20-23(14-17-27(29)42-32(39)28-11-8-18-41-28)21-33-35-31(38)26(34-30(37)24-9-6-5-7-10-24)19-22-12-15-25(16-13-22)36(2)3/h5-21H,4H2,1-3H3,(H,34,37)(H,35,38). The van der Waals surface area contributed by atoms with E-state index < -0.39 is 17.8 Å². The highest BCUT2D eigenvalue weighted by atomic mass is 16.6. The van der Waals surface area contributed by atoms with Crippen LogP contribution in [-0.4, -0.2) is 44.7 Å². The number of hydrazone groups is 1. The molecule has 0 aliphatic rings. The third-order valence-electron chi connectivity index (χ3n) is 5.82. The van der Waals surface area contributed by atoms with Crippen LogP contribution in [0.3, 0.4) is 0 Å². The van der Waals surface area contributed by atoms with Gasteiger partial charge >= 0.3 is 5.97 Å². The number of benzene rings is 3. The monoisotopic (exact) mass is 566 g/mol. The molecule has 0 fully saturated rings. The molecule has 0 radical (unpaired) electrons. The molecule has 0 unspecified atom stereocenters. The van der Waals surface area contributed by atoms with Crippen molar-refractivity contribution in [1.82, 2.24) is 10.7 Å². The lowest BCUT2D eigenvalue weighted by molar-refractivity contribution is -0.117.